The van der Waals surface area contributed by atoms with Crippen molar-refractivity contribution in [3.63, 3.8) is 0 Å². The molecule has 3 aromatic rings. The molecule has 0 saturated heterocycles. The summed E-state index contributed by atoms with van der Waals surface area (Å²) in [6, 6.07) is 21.8. The molecule has 0 radical (unpaired) electrons. The van der Waals surface area contributed by atoms with Gasteiger partial charge in [0, 0.05) is 12.6 Å². The number of nitrogens with zero attached hydrogens (tertiary/aromatic N) is 1. The highest BCUT2D eigenvalue weighted by Gasteiger charge is 2.32. The van der Waals surface area contributed by atoms with Gasteiger partial charge in [-0.15, -0.1) is 0 Å². The van der Waals surface area contributed by atoms with Gasteiger partial charge in [0.1, 0.15) is 12.4 Å². The third-order valence-corrected chi connectivity index (χ3v) is 6.46. The molecule has 4 rings (SSSR count). The van der Waals surface area contributed by atoms with E-state index in [1.165, 1.54) is 5.56 Å². The van der Waals surface area contributed by atoms with Crippen molar-refractivity contribution in [2.45, 2.75) is 32.2 Å². The number of hydrogen-bond donors (Lipinski definition) is 0. The second kappa shape index (κ2) is 11.1. The quantitative estimate of drug-likeness (QED) is 0.376. The molecule has 182 valence electrons. The fourth-order valence-electron chi connectivity index (χ4n) is 4.42. The highest BCUT2D eigenvalue weighted by Crippen LogP contribution is 2.38. The first-order chi connectivity index (χ1) is 17.0. The molecule has 0 saturated carbocycles. The van der Waals surface area contributed by atoms with Crippen LogP contribution >= 0.6 is 0 Å². The van der Waals surface area contributed by atoms with Crippen molar-refractivity contribution in [3.8, 4) is 17.2 Å². The van der Waals surface area contributed by atoms with Crippen LogP contribution in [0, 0.1) is 0 Å². The topological polar surface area (TPSA) is 48.0 Å². The van der Waals surface area contributed by atoms with E-state index in [4.69, 9.17) is 14.2 Å². The minimum absolute atomic E-state index is 0.0435. The number of carbonyl (C=O) groups is 1. The Morgan fingerprint density at radius 3 is 2.34 bits per heavy atom. The standard InChI is InChI=1S/C30H33NO4/c1-21(2)23-11-13-25(14-12-23)35-20-27-26-19-29(34-4)28(33-3)18-24(26)16-17-31(27)30(32)15-10-22-8-6-5-7-9-22/h5-15,18-19,21,27H,16-17,20H2,1-4H3/b15-10+. The van der Waals surface area contributed by atoms with Gasteiger partial charge in [0.2, 0.25) is 5.91 Å². The zero-order valence-electron chi connectivity index (χ0n) is 20.9. The van der Waals surface area contributed by atoms with E-state index in [0.717, 1.165) is 28.9 Å². The van der Waals surface area contributed by atoms with Crippen LogP contribution in [-0.2, 0) is 11.2 Å². The Morgan fingerprint density at radius 1 is 1.00 bits per heavy atom. The Kier molecular flexibility index (Phi) is 7.76. The van der Waals surface area contributed by atoms with Gasteiger partial charge in [-0.3, -0.25) is 4.79 Å². The first-order valence-electron chi connectivity index (χ1n) is 12.0. The van der Waals surface area contributed by atoms with Crippen molar-refractivity contribution in [1.29, 1.82) is 0 Å². The van der Waals surface area contributed by atoms with Crippen LogP contribution in [0.4, 0.5) is 0 Å². The molecule has 1 amide bonds. The number of benzene rings is 3. The number of ether oxygens (including phenoxy) is 3. The van der Waals surface area contributed by atoms with Crippen LogP contribution in [0.5, 0.6) is 17.2 Å². The molecular formula is C30H33NO4. The van der Waals surface area contributed by atoms with Crippen molar-refractivity contribution in [1.82, 2.24) is 4.90 Å². The van der Waals surface area contributed by atoms with E-state index in [-0.39, 0.29) is 11.9 Å². The van der Waals surface area contributed by atoms with Crippen molar-refractivity contribution in [2.75, 3.05) is 27.4 Å². The van der Waals surface area contributed by atoms with Crippen LogP contribution in [0.2, 0.25) is 0 Å². The maximum absolute atomic E-state index is 13.3. The number of fused-ring (bicyclic) bond motifs is 1. The lowest BCUT2D eigenvalue weighted by Gasteiger charge is -2.37. The number of hydrogen-bond acceptors (Lipinski definition) is 4. The molecule has 0 aromatic heterocycles. The van der Waals surface area contributed by atoms with Gasteiger partial charge in [-0.25, -0.2) is 0 Å². The lowest BCUT2D eigenvalue weighted by atomic mass is 9.92. The molecule has 1 heterocycles. The van der Waals surface area contributed by atoms with E-state index < -0.39 is 0 Å². The Bertz CT molecular complexity index is 1170. The van der Waals surface area contributed by atoms with E-state index in [2.05, 4.69) is 26.0 Å². The van der Waals surface area contributed by atoms with Crippen LogP contribution in [-0.4, -0.2) is 38.2 Å². The molecular weight excluding hydrogens is 438 g/mol. The largest absolute Gasteiger partial charge is 0.493 e. The molecule has 5 heteroatoms. The third-order valence-electron chi connectivity index (χ3n) is 6.46. The van der Waals surface area contributed by atoms with Crippen LogP contribution in [0.3, 0.4) is 0 Å². The highest BCUT2D eigenvalue weighted by atomic mass is 16.5. The van der Waals surface area contributed by atoms with Gasteiger partial charge in [0.15, 0.2) is 11.5 Å². The maximum Gasteiger partial charge on any atom is 0.247 e. The molecule has 1 unspecified atom stereocenters. The molecule has 1 aliphatic rings. The summed E-state index contributed by atoms with van der Waals surface area (Å²) in [7, 11) is 3.26. The lowest BCUT2D eigenvalue weighted by molar-refractivity contribution is -0.129. The van der Waals surface area contributed by atoms with Gasteiger partial charge in [-0.05, 0) is 64.9 Å². The zero-order valence-corrected chi connectivity index (χ0v) is 20.9. The predicted octanol–water partition coefficient (Wildman–Crippen LogP) is 6.05. The molecule has 1 aliphatic heterocycles. The van der Waals surface area contributed by atoms with Gasteiger partial charge in [-0.1, -0.05) is 56.3 Å². The minimum Gasteiger partial charge on any atom is -0.493 e. The average molecular weight is 472 g/mol. The molecule has 0 bridgehead atoms. The second-order valence-electron chi connectivity index (χ2n) is 8.98. The normalized spacial score (nSPS) is 15.2. The van der Waals surface area contributed by atoms with Crippen LogP contribution in [0.25, 0.3) is 6.08 Å². The van der Waals surface area contributed by atoms with Crippen LogP contribution in [0.1, 0.15) is 48.1 Å². The summed E-state index contributed by atoms with van der Waals surface area (Å²) in [6.07, 6.45) is 4.24. The fourth-order valence-corrected chi connectivity index (χ4v) is 4.42. The summed E-state index contributed by atoms with van der Waals surface area (Å²) < 4.78 is 17.3. The van der Waals surface area contributed by atoms with E-state index >= 15 is 0 Å². The Hall–Kier alpha value is -3.73. The summed E-state index contributed by atoms with van der Waals surface area (Å²) in [4.78, 5) is 15.2. The summed E-state index contributed by atoms with van der Waals surface area (Å²) in [5.41, 5.74) is 4.42. The SMILES string of the molecule is COc1cc2c(cc1OC)C(COc1ccc(C(C)C)cc1)N(C(=O)/C=C/c1ccccc1)CC2. The zero-order chi connectivity index (χ0) is 24.8. The summed E-state index contributed by atoms with van der Waals surface area (Å²) in [6.45, 7) is 5.28. The Morgan fingerprint density at radius 2 is 1.69 bits per heavy atom. The van der Waals surface area contributed by atoms with Gasteiger partial charge < -0.3 is 19.1 Å². The Labute approximate surface area is 207 Å². The second-order valence-corrected chi connectivity index (χ2v) is 8.98. The number of methoxy groups -OCH3 is 2. The van der Waals surface area contributed by atoms with Crippen LogP contribution < -0.4 is 14.2 Å². The predicted molar refractivity (Wildman–Crippen MR) is 139 cm³/mol. The van der Waals surface area contributed by atoms with Crippen molar-refractivity contribution in [3.05, 3.63) is 95.1 Å². The molecule has 35 heavy (non-hydrogen) atoms. The summed E-state index contributed by atoms with van der Waals surface area (Å²) in [5.74, 6) is 2.54. The van der Waals surface area contributed by atoms with Crippen LogP contribution in [0.15, 0.2) is 72.8 Å². The smallest absolute Gasteiger partial charge is 0.247 e. The monoisotopic (exact) mass is 471 g/mol. The number of carbonyl (C=O) groups excluding carboxylic acids is 1. The molecule has 3 aromatic carbocycles. The Balaban J connectivity index is 1.62. The number of rotatable bonds is 8. The molecule has 1 atom stereocenters. The van der Waals surface area contributed by atoms with Gasteiger partial charge in [0.25, 0.3) is 0 Å². The van der Waals surface area contributed by atoms with Crippen molar-refractivity contribution >= 4 is 12.0 Å². The average Bonchev–Trinajstić information content (AvgIpc) is 2.90. The highest BCUT2D eigenvalue weighted by molar-refractivity contribution is 5.92. The van der Waals surface area contributed by atoms with Gasteiger partial charge in [0.05, 0.1) is 20.3 Å². The first kappa shape index (κ1) is 24.4. The van der Waals surface area contributed by atoms with Gasteiger partial charge in [-0.2, -0.15) is 0 Å². The van der Waals surface area contributed by atoms with E-state index in [1.807, 2.05) is 65.6 Å². The lowest BCUT2D eigenvalue weighted by Crippen LogP contribution is -2.41. The van der Waals surface area contributed by atoms with E-state index in [0.29, 0.717) is 30.6 Å². The fraction of sp³-hybridized carbons (Fsp3) is 0.300. The molecule has 0 aliphatic carbocycles. The third kappa shape index (κ3) is 5.68. The summed E-state index contributed by atoms with van der Waals surface area (Å²) in [5, 5.41) is 0. The molecule has 0 spiro atoms. The molecule has 0 fully saturated rings. The maximum atomic E-state index is 13.3. The summed E-state index contributed by atoms with van der Waals surface area (Å²) >= 11 is 0. The number of amides is 1. The van der Waals surface area contributed by atoms with E-state index in [1.54, 1.807) is 20.3 Å². The van der Waals surface area contributed by atoms with E-state index in [9.17, 15) is 4.79 Å². The minimum atomic E-state index is -0.253. The first-order valence-corrected chi connectivity index (χ1v) is 12.0. The van der Waals surface area contributed by atoms with Crippen molar-refractivity contribution in [2.24, 2.45) is 0 Å². The van der Waals surface area contributed by atoms with Crippen molar-refractivity contribution < 1.29 is 19.0 Å². The molecule has 5 nitrogen and oxygen atoms in total. The molecule has 0 N–H and O–H groups in total. The van der Waals surface area contributed by atoms with Gasteiger partial charge >= 0.3 is 0 Å².